The highest BCUT2D eigenvalue weighted by Crippen LogP contribution is 2.24. The lowest BCUT2D eigenvalue weighted by Crippen LogP contribution is -2.08. The van der Waals surface area contributed by atoms with Crippen molar-refractivity contribution in [1.29, 1.82) is 10.5 Å². The van der Waals surface area contributed by atoms with E-state index in [4.69, 9.17) is 22.0 Å². The third-order valence-electron chi connectivity index (χ3n) is 2.58. The lowest BCUT2D eigenvalue weighted by molar-refractivity contribution is 0.707. The van der Waals surface area contributed by atoms with Gasteiger partial charge in [0, 0.05) is 0 Å². The average molecular weight is 229 g/mol. The van der Waals surface area contributed by atoms with Crippen LogP contribution in [0.25, 0.3) is 0 Å². The van der Waals surface area contributed by atoms with Crippen LogP contribution < -0.4 is 11.5 Å². The number of nitriles is 2. The fourth-order valence-corrected chi connectivity index (χ4v) is 1.64. The molecule has 0 aliphatic rings. The maximum Gasteiger partial charge on any atom is 0.143 e. The van der Waals surface area contributed by atoms with Gasteiger partial charge in [-0.3, -0.25) is 0 Å². The minimum absolute atomic E-state index is 0.0980. The predicted octanol–water partition coefficient (Wildman–Crippen LogP) is 1.72. The van der Waals surface area contributed by atoms with E-state index in [-0.39, 0.29) is 22.6 Å². The van der Waals surface area contributed by atoms with Crippen molar-refractivity contribution in [3.05, 3.63) is 16.8 Å². The Kier molecular flexibility index (Phi) is 4.30. The summed E-state index contributed by atoms with van der Waals surface area (Å²) in [6.45, 7) is 2.10. The van der Waals surface area contributed by atoms with E-state index in [2.05, 4.69) is 11.9 Å². The van der Waals surface area contributed by atoms with Crippen molar-refractivity contribution < 1.29 is 0 Å². The smallest absolute Gasteiger partial charge is 0.143 e. The second kappa shape index (κ2) is 5.72. The molecule has 0 fully saturated rings. The summed E-state index contributed by atoms with van der Waals surface area (Å²) in [5.41, 5.74) is 12.5. The first kappa shape index (κ1) is 12.8. The highest BCUT2D eigenvalue weighted by Gasteiger charge is 2.15. The standard InChI is InChI=1S/C12H15N5/c1-2-3-4-5-10-8(6-13)11(15)9(7-14)12(16)17-10/h2-5H2,1H3,(H4,15,16,17). The molecule has 0 aromatic carbocycles. The van der Waals surface area contributed by atoms with Crippen molar-refractivity contribution in [2.75, 3.05) is 11.5 Å². The Balaban J connectivity index is 3.15. The normalized spacial score (nSPS) is 9.59. The van der Waals surface area contributed by atoms with Crippen molar-refractivity contribution in [3.8, 4) is 12.1 Å². The first-order valence-corrected chi connectivity index (χ1v) is 5.53. The molecule has 0 saturated carbocycles. The summed E-state index contributed by atoms with van der Waals surface area (Å²) in [6, 6.07) is 3.87. The van der Waals surface area contributed by atoms with Crippen molar-refractivity contribution in [3.63, 3.8) is 0 Å². The van der Waals surface area contributed by atoms with E-state index in [0.29, 0.717) is 12.1 Å². The molecule has 0 saturated heterocycles. The van der Waals surface area contributed by atoms with Gasteiger partial charge in [0.25, 0.3) is 0 Å². The number of nitrogen functional groups attached to an aromatic ring is 2. The molecular weight excluding hydrogens is 214 g/mol. The molecule has 0 spiro atoms. The van der Waals surface area contributed by atoms with E-state index in [9.17, 15) is 0 Å². The van der Waals surface area contributed by atoms with Gasteiger partial charge in [-0.05, 0) is 12.8 Å². The first-order chi connectivity index (χ1) is 8.15. The van der Waals surface area contributed by atoms with Crippen LogP contribution in [0.3, 0.4) is 0 Å². The van der Waals surface area contributed by atoms with Crippen LogP contribution >= 0.6 is 0 Å². The van der Waals surface area contributed by atoms with Crippen LogP contribution in [0.2, 0.25) is 0 Å². The number of aromatic nitrogens is 1. The van der Waals surface area contributed by atoms with Crippen LogP contribution in [0.5, 0.6) is 0 Å². The summed E-state index contributed by atoms with van der Waals surface area (Å²) in [4.78, 5) is 4.10. The summed E-state index contributed by atoms with van der Waals surface area (Å²) < 4.78 is 0. The Morgan fingerprint density at radius 1 is 1.12 bits per heavy atom. The maximum absolute atomic E-state index is 9.05. The second-order valence-corrected chi connectivity index (χ2v) is 3.79. The van der Waals surface area contributed by atoms with Gasteiger partial charge in [-0.25, -0.2) is 4.98 Å². The van der Waals surface area contributed by atoms with Crippen molar-refractivity contribution in [2.45, 2.75) is 32.6 Å². The van der Waals surface area contributed by atoms with Gasteiger partial charge in [-0.15, -0.1) is 0 Å². The number of aryl methyl sites for hydroxylation is 1. The molecule has 0 aliphatic carbocycles. The number of anilines is 2. The molecule has 0 aliphatic heterocycles. The van der Waals surface area contributed by atoms with Crippen molar-refractivity contribution in [1.82, 2.24) is 4.98 Å². The van der Waals surface area contributed by atoms with E-state index in [0.717, 1.165) is 19.3 Å². The largest absolute Gasteiger partial charge is 0.396 e. The van der Waals surface area contributed by atoms with E-state index in [1.807, 2.05) is 12.1 Å². The van der Waals surface area contributed by atoms with Gasteiger partial charge < -0.3 is 11.5 Å². The molecular formula is C12H15N5. The van der Waals surface area contributed by atoms with Gasteiger partial charge in [-0.1, -0.05) is 19.8 Å². The van der Waals surface area contributed by atoms with Crippen molar-refractivity contribution >= 4 is 11.5 Å². The number of hydrogen-bond donors (Lipinski definition) is 2. The molecule has 1 aromatic rings. The zero-order valence-electron chi connectivity index (χ0n) is 9.82. The number of nitrogens with two attached hydrogens (primary N) is 2. The average Bonchev–Trinajstić information content (AvgIpc) is 2.30. The fraction of sp³-hybridized carbons (Fsp3) is 0.417. The molecule has 1 heterocycles. The number of hydrogen-bond acceptors (Lipinski definition) is 5. The molecule has 17 heavy (non-hydrogen) atoms. The third-order valence-corrected chi connectivity index (χ3v) is 2.58. The van der Waals surface area contributed by atoms with Crippen LogP contribution in [0.4, 0.5) is 11.5 Å². The monoisotopic (exact) mass is 229 g/mol. The topological polar surface area (TPSA) is 113 Å². The lowest BCUT2D eigenvalue weighted by atomic mass is 10.0. The highest BCUT2D eigenvalue weighted by molar-refractivity contribution is 5.71. The Labute approximate surface area is 101 Å². The van der Waals surface area contributed by atoms with Crippen LogP contribution in [-0.2, 0) is 6.42 Å². The molecule has 0 unspecified atom stereocenters. The maximum atomic E-state index is 9.05. The predicted molar refractivity (Wildman–Crippen MR) is 65.7 cm³/mol. The zero-order valence-corrected chi connectivity index (χ0v) is 9.82. The molecule has 88 valence electrons. The summed E-state index contributed by atoms with van der Waals surface area (Å²) in [6.07, 6.45) is 3.75. The van der Waals surface area contributed by atoms with Crippen LogP contribution in [0, 0.1) is 22.7 Å². The summed E-state index contributed by atoms with van der Waals surface area (Å²) in [5.74, 6) is 0.107. The second-order valence-electron chi connectivity index (χ2n) is 3.79. The van der Waals surface area contributed by atoms with E-state index < -0.39 is 0 Å². The SMILES string of the molecule is CCCCCc1nc(N)c(C#N)c(N)c1C#N. The van der Waals surface area contributed by atoms with Gasteiger partial charge in [-0.2, -0.15) is 10.5 Å². The number of rotatable bonds is 4. The fourth-order valence-electron chi connectivity index (χ4n) is 1.64. The van der Waals surface area contributed by atoms with Crippen LogP contribution in [0.15, 0.2) is 0 Å². The van der Waals surface area contributed by atoms with Crippen LogP contribution in [-0.4, -0.2) is 4.98 Å². The molecule has 5 heteroatoms. The van der Waals surface area contributed by atoms with E-state index >= 15 is 0 Å². The van der Waals surface area contributed by atoms with Crippen LogP contribution in [0.1, 0.15) is 43.0 Å². The zero-order chi connectivity index (χ0) is 12.8. The molecule has 5 nitrogen and oxygen atoms in total. The van der Waals surface area contributed by atoms with Gasteiger partial charge in [0.1, 0.15) is 23.5 Å². The molecule has 0 atom stereocenters. The quantitative estimate of drug-likeness (QED) is 0.763. The molecule has 0 radical (unpaired) electrons. The van der Waals surface area contributed by atoms with Gasteiger partial charge >= 0.3 is 0 Å². The highest BCUT2D eigenvalue weighted by atomic mass is 14.9. The Bertz CT molecular complexity index is 493. The molecule has 1 rings (SSSR count). The summed E-state index contributed by atoms with van der Waals surface area (Å²) in [5, 5.41) is 17.9. The Morgan fingerprint density at radius 2 is 1.76 bits per heavy atom. The van der Waals surface area contributed by atoms with Gasteiger partial charge in [0.2, 0.25) is 0 Å². The number of nitrogens with zero attached hydrogens (tertiary/aromatic N) is 3. The third kappa shape index (κ3) is 2.64. The Hall–Kier alpha value is -2.27. The van der Waals surface area contributed by atoms with Gasteiger partial charge in [0.05, 0.1) is 16.9 Å². The summed E-state index contributed by atoms with van der Waals surface area (Å²) >= 11 is 0. The number of unbranched alkanes of at least 4 members (excludes halogenated alkanes) is 2. The minimum atomic E-state index is 0.0980. The van der Waals surface area contributed by atoms with Gasteiger partial charge in [0.15, 0.2) is 0 Å². The number of pyridine rings is 1. The lowest BCUT2D eigenvalue weighted by Gasteiger charge is -2.09. The summed E-state index contributed by atoms with van der Waals surface area (Å²) in [7, 11) is 0. The van der Waals surface area contributed by atoms with E-state index in [1.54, 1.807) is 0 Å². The molecule has 1 aromatic heterocycles. The molecule has 4 N–H and O–H groups in total. The molecule has 0 bridgehead atoms. The minimum Gasteiger partial charge on any atom is -0.396 e. The van der Waals surface area contributed by atoms with E-state index in [1.165, 1.54) is 0 Å². The van der Waals surface area contributed by atoms with Crippen molar-refractivity contribution in [2.24, 2.45) is 0 Å². The molecule has 0 amide bonds. The first-order valence-electron chi connectivity index (χ1n) is 5.53. The Morgan fingerprint density at radius 3 is 2.29 bits per heavy atom.